The van der Waals surface area contributed by atoms with E-state index >= 15 is 0 Å². The molecule has 0 spiro atoms. The summed E-state index contributed by atoms with van der Waals surface area (Å²) in [6.45, 7) is 19.4. The van der Waals surface area contributed by atoms with Gasteiger partial charge in [0.1, 0.15) is 0 Å². The van der Waals surface area contributed by atoms with Gasteiger partial charge >= 0.3 is 206 Å². The van der Waals surface area contributed by atoms with Crippen molar-refractivity contribution in [3.05, 3.63) is 56.8 Å². The summed E-state index contributed by atoms with van der Waals surface area (Å²) in [6.07, 6.45) is 8.41. The van der Waals surface area contributed by atoms with Gasteiger partial charge in [-0.05, 0) is 0 Å². The first kappa shape index (κ1) is 27.9. The van der Waals surface area contributed by atoms with Crippen LogP contribution < -0.4 is 0 Å². The molecule has 2 rings (SSSR count). The standard InChI is InChI=1S/C17H24NSi.3C4H9.Sn/c1-14-11-18(12-17(14)13-19(3,4)5)15(2)16-9-7-6-8-10-16;3*1-3-4-2;/h1,6-10,13,15H,11-12H2,2-5H3;3*1,3-4H2,2H3;/b14-1?,17-13-;;;;/t15-;;;;/m1..../s1. The number of unbranched alkanes of at least 4 members (excludes halogenated alkanes) is 3. The summed E-state index contributed by atoms with van der Waals surface area (Å²) >= 11 is -2.31. The molecule has 1 aromatic rings. The van der Waals surface area contributed by atoms with Gasteiger partial charge in [-0.1, -0.05) is 0 Å². The van der Waals surface area contributed by atoms with Crippen molar-refractivity contribution in [3.8, 4) is 0 Å². The molecule has 0 saturated carbocycles. The Morgan fingerprint density at radius 2 is 1.34 bits per heavy atom. The van der Waals surface area contributed by atoms with E-state index in [1.165, 1.54) is 44.1 Å². The number of hydrogen-bond acceptors (Lipinski definition) is 1. The summed E-state index contributed by atoms with van der Waals surface area (Å²) < 4.78 is 7.73. The molecule has 0 aliphatic carbocycles. The van der Waals surface area contributed by atoms with Gasteiger partial charge in [0.2, 0.25) is 0 Å². The Hall–Kier alpha value is -0.324. The molecule has 1 aliphatic rings. The molecule has 32 heavy (non-hydrogen) atoms. The van der Waals surface area contributed by atoms with E-state index in [1.807, 2.05) is 0 Å². The Balaban J connectivity index is 2.44. The zero-order valence-electron chi connectivity index (χ0n) is 22.3. The van der Waals surface area contributed by atoms with Crippen molar-refractivity contribution < 1.29 is 0 Å². The summed E-state index contributed by atoms with van der Waals surface area (Å²) in [5.74, 6) is 0. The van der Waals surface area contributed by atoms with E-state index < -0.39 is 26.5 Å². The van der Waals surface area contributed by atoms with E-state index in [-0.39, 0.29) is 0 Å². The molecule has 0 unspecified atom stereocenters. The van der Waals surface area contributed by atoms with E-state index in [0.717, 1.165) is 13.1 Å². The second kappa shape index (κ2) is 13.5. The molecule has 0 amide bonds. The van der Waals surface area contributed by atoms with Crippen LogP contribution >= 0.6 is 0 Å². The van der Waals surface area contributed by atoms with Gasteiger partial charge in [0.25, 0.3) is 0 Å². The van der Waals surface area contributed by atoms with Crippen molar-refractivity contribution >= 4 is 26.5 Å². The van der Waals surface area contributed by atoms with Gasteiger partial charge in [-0.25, -0.2) is 0 Å². The van der Waals surface area contributed by atoms with E-state index in [1.54, 1.807) is 24.5 Å². The SMILES string of the molecule is CCC[CH2][Sn](/[CH]=C1/CN([C@H](C)c2ccccc2)C/C1=C/[Si](C)(C)C)([CH2]CCC)[CH2]CCC. The maximum absolute atomic E-state index is 3.01. The minimum atomic E-state index is -2.31. The predicted molar refractivity (Wildman–Crippen MR) is 151 cm³/mol. The first-order valence-electron chi connectivity index (χ1n) is 13.5. The third kappa shape index (κ3) is 8.79. The second-order valence-corrected chi connectivity index (χ2v) is 29.3. The topological polar surface area (TPSA) is 3.24 Å². The van der Waals surface area contributed by atoms with E-state index in [4.69, 9.17) is 0 Å². The molecule has 0 aromatic heterocycles. The van der Waals surface area contributed by atoms with Crippen LogP contribution in [-0.4, -0.2) is 44.4 Å². The Kier molecular flexibility index (Phi) is 11.8. The van der Waals surface area contributed by atoms with Gasteiger partial charge in [0.05, 0.1) is 0 Å². The molecule has 1 nitrogen and oxygen atoms in total. The monoisotopic (exact) mass is 561 g/mol. The average Bonchev–Trinajstić information content (AvgIpc) is 3.14. The molecule has 1 aromatic carbocycles. The number of likely N-dealkylation sites (tertiary alicyclic amines) is 1. The van der Waals surface area contributed by atoms with Gasteiger partial charge in [-0.15, -0.1) is 0 Å². The first-order valence-corrected chi connectivity index (χ1v) is 24.7. The normalized spacial score (nSPS) is 19.2. The molecule has 1 saturated heterocycles. The molecule has 3 heteroatoms. The zero-order valence-corrected chi connectivity index (χ0v) is 26.2. The zero-order chi connectivity index (χ0) is 23.6. The fourth-order valence-corrected chi connectivity index (χ4v) is 21.9. The Bertz CT molecular complexity index is 709. The van der Waals surface area contributed by atoms with Crippen molar-refractivity contribution in [2.24, 2.45) is 0 Å². The van der Waals surface area contributed by atoms with Crippen LogP contribution in [0.2, 0.25) is 33.0 Å². The fourth-order valence-electron chi connectivity index (χ4n) is 5.26. The predicted octanol–water partition coefficient (Wildman–Crippen LogP) is 9.18. The van der Waals surface area contributed by atoms with Crippen LogP contribution in [0.4, 0.5) is 0 Å². The molecular weight excluding hydrogens is 509 g/mol. The van der Waals surface area contributed by atoms with Gasteiger partial charge in [-0.3, -0.25) is 0 Å². The number of nitrogens with zero attached hydrogens (tertiary/aromatic N) is 1. The molecule has 1 fully saturated rings. The van der Waals surface area contributed by atoms with Crippen molar-refractivity contribution in [1.82, 2.24) is 4.90 Å². The van der Waals surface area contributed by atoms with Crippen LogP contribution in [0.25, 0.3) is 0 Å². The van der Waals surface area contributed by atoms with Crippen molar-refractivity contribution in [2.75, 3.05) is 13.1 Å². The molecule has 1 aliphatic heterocycles. The number of hydrogen-bond donors (Lipinski definition) is 0. The average molecular weight is 561 g/mol. The summed E-state index contributed by atoms with van der Waals surface area (Å²) in [6, 6.07) is 11.6. The number of benzene rings is 1. The first-order chi connectivity index (χ1) is 15.2. The molecule has 1 atom stereocenters. The summed E-state index contributed by atoms with van der Waals surface area (Å²) in [4.78, 5) is 2.74. The van der Waals surface area contributed by atoms with Crippen molar-refractivity contribution in [2.45, 2.75) is 105 Å². The van der Waals surface area contributed by atoms with E-state index in [2.05, 4.69) is 92.4 Å². The molecule has 180 valence electrons. The van der Waals surface area contributed by atoms with E-state index in [0.29, 0.717) is 6.04 Å². The minimum absolute atomic E-state index is 0.485. The fraction of sp³-hybridized carbons (Fsp3) is 0.655. The Morgan fingerprint density at radius 1 is 0.844 bits per heavy atom. The number of rotatable bonds is 13. The van der Waals surface area contributed by atoms with Gasteiger partial charge in [0, 0.05) is 0 Å². The second-order valence-electron chi connectivity index (χ2n) is 11.4. The van der Waals surface area contributed by atoms with Crippen LogP contribution in [0.5, 0.6) is 0 Å². The van der Waals surface area contributed by atoms with Gasteiger partial charge in [-0.2, -0.15) is 0 Å². The van der Waals surface area contributed by atoms with Crippen LogP contribution in [0, 0.1) is 0 Å². The summed E-state index contributed by atoms with van der Waals surface area (Å²) in [5.41, 5.74) is 7.62. The Labute approximate surface area is 205 Å². The molecule has 0 radical (unpaired) electrons. The third-order valence-corrected chi connectivity index (χ3v) is 22.7. The van der Waals surface area contributed by atoms with Gasteiger partial charge in [0.15, 0.2) is 0 Å². The van der Waals surface area contributed by atoms with Crippen molar-refractivity contribution in [1.29, 1.82) is 0 Å². The molecular formula is C29H51NSiSn. The summed E-state index contributed by atoms with van der Waals surface area (Å²) in [7, 11) is -1.27. The summed E-state index contributed by atoms with van der Waals surface area (Å²) in [5, 5.41) is 0. The van der Waals surface area contributed by atoms with Crippen molar-refractivity contribution in [3.63, 3.8) is 0 Å². The van der Waals surface area contributed by atoms with Crippen LogP contribution in [0.3, 0.4) is 0 Å². The molecule has 1 heterocycles. The van der Waals surface area contributed by atoms with Crippen LogP contribution in [-0.2, 0) is 0 Å². The quantitative estimate of drug-likeness (QED) is 0.218. The van der Waals surface area contributed by atoms with Crippen LogP contribution in [0.1, 0.15) is 77.8 Å². The Morgan fingerprint density at radius 3 is 1.81 bits per heavy atom. The molecule has 0 bridgehead atoms. The van der Waals surface area contributed by atoms with Gasteiger partial charge < -0.3 is 0 Å². The van der Waals surface area contributed by atoms with E-state index in [9.17, 15) is 0 Å². The third-order valence-electron chi connectivity index (χ3n) is 7.16. The maximum atomic E-state index is 3.01. The molecule has 0 N–H and O–H groups in total. The van der Waals surface area contributed by atoms with Crippen LogP contribution in [0.15, 0.2) is 51.3 Å².